The number of carbonyl (C=O) groups is 3. The number of carbonyl (C=O) groups excluding carboxylic acids is 2. The Morgan fingerprint density at radius 3 is 2.37 bits per heavy atom. The molecular formula is C13H22N2O4. The Morgan fingerprint density at radius 1 is 1.42 bits per heavy atom. The lowest BCUT2D eigenvalue weighted by Gasteiger charge is -2.28. The third kappa shape index (κ3) is 2.94. The van der Waals surface area contributed by atoms with Crippen molar-refractivity contribution >= 4 is 17.8 Å². The molecule has 2 atom stereocenters. The van der Waals surface area contributed by atoms with E-state index >= 15 is 0 Å². The smallest absolute Gasteiger partial charge is 0.320 e. The average molecular weight is 270 g/mol. The highest BCUT2D eigenvalue weighted by atomic mass is 16.4. The minimum Gasteiger partial charge on any atom is -0.480 e. The standard InChI is InChI=1S/C13H22N2O4/c1-5-9(6-2)15-11(16)7-10(12(15)17)14(4)8(3)13(18)19/h8-10H,5-7H2,1-4H3,(H,18,19). The van der Waals surface area contributed by atoms with Crippen LogP contribution in [0.5, 0.6) is 0 Å². The van der Waals surface area contributed by atoms with Crippen molar-refractivity contribution in [3.05, 3.63) is 0 Å². The van der Waals surface area contributed by atoms with Gasteiger partial charge in [-0.05, 0) is 26.8 Å². The van der Waals surface area contributed by atoms with Gasteiger partial charge in [0.25, 0.3) is 0 Å². The second-order valence-electron chi connectivity index (χ2n) is 4.97. The van der Waals surface area contributed by atoms with Gasteiger partial charge in [-0.3, -0.25) is 24.2 Å². The molecule has 1 aliphatic rings. The maximum absolute atomic E-state index is 12.3. The van der Waals surface area contributed by atoms with E-state index in [1.807, 2.05) is 13.8 Å². The molecule has 108 valence electrons. The van der Waals surface area contributed by atoms with Gasteiger partial charge in [0.15, 0.2) is 0 Å². The Bertz CT molecular complexity index is 379. The predicted octanol–water partition coefficient (Wildman–Crippen LogP) is 0.707. The van der Waals surface area contributed by atoms with Crippen molar-refractivity contribution in [2.45, 2.75) is 58.2 Å². The van der Waals surface area contributed by atoms with Crippen LogP contribution in [0.2, 0.25) is 0 Å². The summed E-state index contributed by atoms with van der Waals surface area (Å²) in [6.45, 7) is 5.39. The van der Waals surface area contributed by atoms with E-state index in [1.54, 1.807) is 7.05 Å². The topological polar surface area (TPSA) is 77.9 Å². The minimum absolute atomic E-state index is 0.0729. The summed E-state index contributed by atoms with van der Waals surface area (Å²) in [6, 6.07) is -1.53. The molecule has 0 saturated carbocycles. The van der Waals surface area contributed by atoms with E-state index in [-0.39, 0.29) is 24.3 Å². The number of rotatable bonds is 6. The summed E-state index contributed by atoms with van der Waals surface area (Å²) < 4.78 is 0. The monoisotopic (exact) mass is 270 g/mol. The fourth-order valence-electron chi connectivity index (χ4n) is 2.43. The van der Waals surface area contributed by atoms with E-state index in [0.29, 0.717) is 0 Å². The van der Waals surface area contributed by atoms with Gasteiger partial charge < -0.3 is 5.11 Å². The number of carboxylic acids is 1. The van der Waals surface area contributed by atoms with Gasteiger partial charge in [0, 0.05) is 6.04 Å². The number of imide groups is 1. The van der Waals surface area contributed by atoms with Gasteiger partial charge in [-0.25, -0.2) is 0 Å². The molecule has 1 heterocycles. The van der Waals surface area contributed by atoms with Gasteiger partial charge in [-0.1, -0.05) is 13.8 Å². The molecular weight excluding hydrogens is 248 g/mol. The third-order valence-corrected chi connectivity index (χ3v) is 3.93. The molecule has 19 heavy (non-hydrogen) atoms. The zero-order chi connectivity index (χ0) is 14.7. The second kappa shape index (κ2) is 6.14. The van der Waals surface area contributed by atoms with Crippen LogP contribution in [0.15, 0.2) is 0 Å². The summed E-state index contributed by atoms with van der Waals surface area (Å²) in [6.07, 6.45) is 1.52. The molecule has 2 unspecified atom stereocenters. The van der Waals surface area contributed by atoms with Crippen LogP contribution in [0.1, 0.15) is 40.0 Å². The fraction of sp³-hybridized carbons (Fsp3) is 0.769. The normalized spacial score (nSPS) is 21.6. The molecule has 1 rings (SSSR count). The molecule has 0 aromatic carbocycles. The number of amides is 2. The zero-order valence-corrected chi connectivity index (χ0v) is 11.9. The molecule has 0 bridgehead atoms. The number of hydrogen-bond acceptors (Lipinski definition) is 4. The molecule has 1 N–H and O–H groups in total. The molecule has 1 fully saturated rings. The van der Waals surface area contributed by atoms with Gasteiger partial charge in [-0.2, -0.15) is 0 Å². The number of hydrogen-bond donors (Lipinski definition) is 1. The highest BCUT2D eigenvalue weighted by molar-refractivity contribution is 6.06. The summed E-state index contributed by atoms with van der Waals surface area (Å²) in [5.74, 6) is -1.47. The predicted molar refractivity (Wildman–Crippen MR) is 69.5 cm³/mol. The van der Waals surface area contributed by atoms with E-state index in [2.05, 4.69) is 0 Å². The number of likely N-dealkylation sites (tertiary alicyclic amines) is 1. The maximum Gasteiger partial charge on any atom is 0.320 e. The van der Waals surface area contributed by atoms with Crippen LogP contribution in [0.25, 0.3) is 0 Å². The van der Waals surface area contributed by atoms with Crippen LogP contribution in [0.4, 0.5) is 0 Å². The minimum atomic E-state index is -0.997. The first-order valence-electron chi connectivity index (χ1n) is 6.65. The van der Waals surface area contributed by atoms with Crippen LogP contribution in [-0.2, 0) is 14.4 Å². The number of likely N-dealkylation sites (N-methyl/N-ethyl adjacent to an activating group) is 1. The van der Waals surface area contributed by atoms with Crippen molar-refractivity contribution in [3.63, 3.8) is 0 Å². The van der Waals surface area contributed by atoms with Crippen molar-refractivity contribution in [2.75, 3.05) is 7.05 Å². The lowest BCUT2D eigenvalue weighted by Crippen LogP contribution is -2.48. The largest absolute Gasteiger partial charge is 0.480 e. The first-order valence-corrected chi connectivity index (χ1v) is 6.65. The van der Waals surface area contributed by atoms with Crippen molar-refractivity contribution in [1.82, 2.24) is 9.80 Å². The van der Waals surface area contributed by atoms with E-state index < -0.39 is 18.1 Å². The molecule has 0 spiro atoms. The Kier molecular flexibility index (Phi) is 5.05. The van der Waals surface area contributed by atoms with E-state index in [4.69, 9.17) is 5.11 Å². The maximum atomic E-state index is 12.3. The summed E-state index contributed by atoms with van der Waals surface area (Å²) >= 11 is 0. The molecule has 0 aliphatic carbocycles. The number of aliphatic carboxylic acids is 1. The summed E-state index contributed by atoms with van der Waals surface area (Å²) in [5.41, 5.74) is 0. The molecule has 2 amide bonds. The van der Waals surface area contributed by atoms with Gasteiger partial charge in [0.1, 0.15) is 6.04 Å². The van der Waals surface area contributed by atoms with Crippen molar-refractivity contribution < 1.29 is 19.5 Å². The van der Waals surface area contributed by atoms with Crippen molar-refractivity contribution in [2.24, 2.45) is 0 Å². The molecule has 0 radical (unpaired) electrons. The van der Waals surface area contributed by atoms with Crippen molar-refractivity contribution in [1.29, 1.82) is 0 Å². The molecule has 1 saturated heterocycles. The Labute approximate surface area is 113 Å². The van der Waals surface area contributed by atoms with Gasteiger partial charge in [0.2, 0.25) is 11.8 Å². The highest BCUT2D eigenvalue weighted by Crippen LogP contribution is 2.24. The molecule has 6 nitrogen and oxygen atoms in total. The first kappa shape index (κ1) is 15.6. The molecule has 1 aliphatic heterocycles. The van der Waals surface area contributed by atoms with Crippen molar-refractivity contribution in [3.8, 4) is 0 Å². The second-order valence-corrected chi connectivity index (χ2v) is 4.97. The van der Waals surface area contributed by atoms with E-state index in [9.17, 15) is 14.4 Å². The zero-order valence-electron chi connectivity index (χ0n) is 11.9. The summed E-state index contributed by atoms with van der Waals surface area (Å²) in [4.78, 5) is 38.0. The van der Waals surface area contributed by atoms with Gasteiger partial charge in [-0.15, -0.1) is 0 Å². The van der Waals surface area contributed by atoms with Crippen LogP contribution in [0, 0.1) is 0 Å². The molecule has 0 aromatic heterocycles. The van der Waals surface area contributed by atoms with E-state index in [1.165, 1.54) is 16.7 Å². The highest BCUT2D eigenvalue weighted by Gasteiger charge is 2.44. The van der Waals surface area contributed by atoms with Crippen LogP contribution in [-0.4, -0.2) is 57.9 Å². The van der Waals surface area contributed by atoms with Crippen LogP contribution < -0.4 is 0 Å². The van der Waals surface area contributed by atoms with E-state index in [0.717, 1.165) is 12.8 Å². The summed E-state index contributed by atoms with van der Waals surface area (Å²) in [7, 11) is 1.57. The van der Waals surface area contributed by atoms with Crippen LogP contribution in [0.3, 0.4) is 0 Å². The molecule has 0 aromatic rings. The number of carboxylic acid groups (broad SMARTS) is 1. The third-order valence-electron chi connectivity index (χ3n) is 3.93. The Balaban J connectivity index is 2.89. The lowest BCUT2D eigenvalue weighted by atomic mass is 10.1. The number of nitrogens with zero attached hydrogens (tertiary/aromatic N) is 2. The quantitative estimate of drug-likeness (QED) is 0.719. The first-order chi connectivity index (χ1) is 8.84. The van der Waals surface area contributed by atoms with Gasteiger partial charge >= 0.3 is 5.97 Å². The SMILES string of the molecule is CCC(CC)N1C(=O)CC(N(C)C(C)C(=O)O)C1=O. The Hall–Kier alpha value is -1.43. The van der Waals surface area contributed by atoms with Crippen LogP contribution >= 0.6 is 0 Å². The fourth-order valence-corrected chi connectivity index (χ4v) is 2.43. The molecule has 6 heteroatoms. The Morgan fingerprint density at radius 2 is 1.95 bits per heavy atom. The average Bonchev–Trinajstić information content (AvgIpc) is 2.66. The summed E-state index contributed by atoms with van der Waals surface area (Å²) in [5, 5.41) is 8.98. The lowest BCUT2D eigenvalue weighted by molar-refractivity contribution is -0.145. The van der Waals surface area contributed by atoms with Gasteiger partial charge in [0.05, 0.1) is 12.5 Å².